The fourth-order valence-corrected chi connectivity index (χ4v) is 6.49. The Hall–Kier alpha value is -1.21. The van der Waals surface area contributed by atoms with Crippen molar-refractivity contribution in [1.82, 2.24) is 19.5 Å². The van der Waals surface area contributed by atoms with Crippen LogP contribution in [0.4, 0.5) is 5.82 Å². The van der Waals surface area contributed by atoms with Gasteiger partial charge in [0, 0.05) is 0 Å². The second kappa shape index (κ2) is 20.7. The van der Waals surface area contributed by atoms with Crippen LogP contribution in [0.15, 0.2) is 12.7 Å². The molecule has 0 aliphatic carbocycles. The highest BCUT2D eigenvalue weighted by atomic mass is 32.2. The van der Waals surface area contributed by atoms with Gasteiger partial charge < -0.3 is 19.9 Å². The lowest BCUT2D eigenvalue weighted by Crippen LogP contribution is -2.16. The smallest absolute Gasteiger partial charge is 0.208 e. The molecule has 0 spiro atoms. The summed E-state index contributed by atoms with van der Waals surface area (Å²) in [6.45, 7) is 4.79. The monoisotopic (exact) mass is 551 g/mol. The average Bonchev–Trinajstić information content (AvgIpc) is 3.30. The number of rotatable bonds is 23. The average molecular weight is 552 g/mol. The molecule has 0 radical (unpaired) electrons. The lowest BCUT2D eigenvalue weighted by Gasteiger charge is -2.10. The van der Waals surface area contributed by atoms with Crippen LogP contribution in [-0.2, 0) is 11.3 Å². The van der Waals surface area contributed by atoms with Crippen molar-refractivity contribution in [1.29, 1.82) is 0 Å². The number of hydrogen-bond acceptors (Lipinski definition) is 7. The Balaban J connectivity index is 1.38. The summed E-state index contributed by atoms with van der Waals surface area (Å²) in [6.07, 6.45) is 24.3. The normalized spacial score (nSPS) is 13.0. The van der Waals surface area contributed by atoms with Crippen molar-refractivity contribution in [3.8, 4) is 0 Å². The number of anilines is 1. The van der Waals surface area contributed by atoms with Gasteiger partial charge in [-0.3, -0.25) is 0 Å². The van der Waals surface area contributed by atoms with E-state index in [4.69, 9.17) is 10.5 Å². The van der Waals surface area contributed by atoms with Crippen molar-refractivity contribution in [2.75, 3.05) is 23.4 Å². The number of nitrogens with two attached hydrogens (primary N) is 1. The minimum Gasteiger partial charge on any atom is -0.629 e. The molecule has 0 aliphatic heterocycles. The molecule has 0 aromatic carbocycles. The zero-order valence-electron chi connectivity index (χ0n) is 23.3. The number of fused-ring (bicyclic) bond motifs is 1. The zero-order valence-corrected chi connectivity index (χ0v) is 25.0. The number of nitrogen functional groups attached to an aromatic ring is 1. The standard InChI is InChI=1S/C28H50N5O2PS/c1-3-4-5-6-7-8-9-10-11-12-13-14-15-16-19-37-20-17-18-36(34)24-35-25(2)21-33-23-32-26-27(29)30-22-31-28(26)33/h22-25H,3-21H2,1-2H3,(H2,29,30,31). The fourth-order valence-electron chi connectivity index (χ4n) is 4.40. The Kier molecular flexibility index (Phi) is 17.9. The molecule has 9 heteroatoms. The first kappa shape index (κ1) is 32.0. The van der Waals surface area contributed by atoms with Gasteiger partial charge in [0.05, 0.1) is 26.7 Å². The zero-order chi connectivity index (χ0) is 26.6. The minimum atomic E-state index is -1.44. The lowest BCUT2D eigenvalue weighted by molar-refractivity contribution is -0.153. The van der Waals surface area contributed by atoms with Crippen LogP contribution in [0.2, 0.25) is 0 Å². The number of ether oxygens (including phenoxy) is 1. The molecule has 2 unspecified atom stereocenters. The Morgan fingerprint density at radius 1 is 0.919 bits per heavy atom. The van der Waals surface area contributed by atoms with Crippen LogP contribution in [-0.4, -0.2) is 49.3 Å². The molecule has 37 heavy (non-hydrogen) atoms. The van der Waals surface area contributed by atoms with Gasteiger partial charge in [0.1, 0.15) is 18.0 Å². The highest BCUT2D eigenvalue weighted by molar-refractivity contribution is 7.99. The number of imidazole rings is 1. The van der Waals surface area contributed by atoms with E-state index in [1.165, 1.54) is 108 Å². The van der Waals surface area contributed by atoms with E-state index in [1.807, 2.05) is 23.3 Å². The summed E-state index contributed by atoms with van der Waals surface area (Å²) in [5.41, 5.74) is 7.11. The molecule has 2 aromatic rings. The molecule has 0 saturated carbocycles. The van der Waals surface area contributed by atoms with Crippen molar-refractivity contribution < 1.29 is 9.63 Å². The number of aromatic nitrogens is 4. The molecule has 210 valence electrons. The molecule has 0 bridgehead atoms. The summed E-state index contributed by atoms with van der Waals surface area (Å²) < 4.78 is 7.59. The predicted molar refractivity (Wildman–Crippen MR) is 160 cm³/mol. The third kappa shape index (κ3) is 14.5. The molecule has 2 atom stereocenters. The summed E-state index contributed by atoms with van der Waals surface area (Å²) in [5.74, 6) is 4.18. The quantitative estimate of drug-likeness (QED) is 0.118. The third-order valence-corrected chi connectivity index (χ3v) is 8.87. The van der Waals surface area contributed by atoms with Crippen LogP contribution in [0.25, 0.3) is 11.2 Å². The van der Waals surface area contributed by atoms with Crippen molar-refractivity contribution >= 4 is 42.5 Å². The first-order valence-corrected chi connectivity index (χ1v) is 17.2. The van der Waals surface area contributed by atoms with Gasteiger partial charge in [-0.1, -0.05) is 90.4 Å². The summed E-state index contributed by atoms with van der Waals surface area (Å²) in [6, 6.07) is 0. The van der Waals surface area contributed by atoms with Crippen LogP contribution >= 0.6 is 19.5 Å². The number of hydrogen-bond donors (Lipinski definition) is 1. The Morgan fingerprint density at radius 3 is 2.16 bits per heavy atom. The van der Waals surface area contributed by atoms with E-state index in [2.05, 4.69) is 21.9 Å². The highest BCUT2D eigenvalue weighted by Gasteiger charge is 2.11. The second-order valence-electron chi connectivity index (χ2n) is 10.1. The minimum absolute atomic E-state index is 0.137. The van der Waals surface area contributed by atoms with Gasteiger partial charge in [0.2, 0.25) is 5.98 Å². The maximum Gasteiger partial charge on any atom is 0.208 e. The molecule has 2 heterocycles. The number of thioether (sulfide) groups is 1. The van der Waals surface area contributed by atoms with E-state index < -0.39 is 7.77 Å². The third-order valence-electron chi connectivity index (χ3n) is 6.60. The van der Waals surface area contributed by atoms with Crippen LogP contribution < -0.4 is 10.6 Å². The number of unbranched alkanes of at least 4 members (excludes halogenated alkanes) is 13. The van der Waals surface area contributed by atoms with E-state index in [0.717, 1.165) is 12.2 Å². The van der Waals surface area contributed by atoms with E-state index >= 15 is 0 Å². The highest BCUT2D eigenvalue weighted by Crippen LogP contribution is 2.18. The first-order chi connectivity index (χ1) is 18.1. The van der Waals surface area contributed by atoms with Crippen molar-refractivity contribution in [2.24, 2.45) is 0 Å². The first-order valence-electron chi connectivity index (χ1n) is 14.5. The summed E-state index contributed by atoms with van der Waals surface area (Å²) in [4.78, 5) is 24.7. The summed E-state index contributed by atoms with van der Waals surface area (Å²) in [5, 5.41) is 0. The fraction of sp³-hybridized carbons (Fsp3) is 0.786. The van der Waals surface area contributed by atoms with Gasteiger partial charge in [-0.25, -0.2) is 15.0 Å². The predicted octanol–water partition coefficient (Wildman–Crippen LogP) is 6.94. The van der Waals surface area contributed by atoms with E-state index in [0.29, 0.717) is 29.7 Å². The lowest BCUT2D eigenvalue weighted by atomic mass is 10.0. The molecule has 7 nitrogen and oxygen atoms in total. The molecule has 0 amide bonds. The molecular formula is C28H50N5O2PS. The molecule has 2 rings (SSSR count). The Labute approximate surface area is 230 Å². The van der Waals surface area contributed by atoms with Crippen LogP contribution in [0.5, 0.6) is 0 Å². The van der Waals surface area contributed by atoms with Crippen molar-refractivity contribution in [3.05, 3.63) is 12.7 Å². The van der Waals surface area contributed by atoms with Gasteiger partial charge in [0.25, 0.3) is 0 Å². The van der Waals surface area contributed by atoms with Crippen molar-refractivity contribution in [2.45, 2.75) is 123 Å². The maximum absolute atomic E-state index is 12.3. The molecule has 0 aliphatic rings. The van der Waals surface area contributed by atoms with Crippen LogP contribution in [0.3, 0.4) is 0 Å². The maximum atomic E-state index is 12.3. The van der Waals surface area contributed by atoms with Gasteiger partial charge in [-0.2, -0.15) is 11.8 Å². The Bertz CT molecular complexity index is 879. The summed E-state index contributed by atoms with van der Waals surface area (Å²) >= 11 is 1.99. The molecule has 2 N–H and O–H groups in total. The number of nitrogens with zero attached hydrogens (tertiary/aromatic N) is 4. The van der Waals surface area contributed by atoms with Crippen LogP contribution in [0.1, 0.15) is 110 Å². The molecule has 2 aromatic heterocycles. The summed E-state index contributed by atoms with van der Waals surface area (Å²) in [7, 11) is -1.44. The van der Waals surface area contributed by atoms with Crippen LogP contribution in [0, 0.1) is 0 Å². The second-order valence-corrected chi connectivity index (χ2v) is 12.8. The topological polar surface area (TPSA) is 102 Å². The van der Waals surface area contributed by atoms with E-state index in [9.17, 15) is 4.89 Å². The SMILES string of the molecule is CCCCCCCCCCCCCCCCSCCC/[P+]([O-])=C/OC(C)Cn1cnc2c(N)ncnc21. The van der Waals surface area contributed by atoms with Gasteiger partial charge in [-0.15, -0.1) is 0 Å². The molecular weight excluding hydrogens is 501 g/mol. The van der Waals surface area contributed by atoms with Gasteiger partial charge in [0.15, 0.2) is 11.5 Å². The van der Waals surface area contributed by atoms with E-state index in [1.54, 1.807) is 6.33 Å². The molecule has 0 fully saturated rings. The molecule has 0 saturated heterocycles. The van der Waals surface area contributed by atoms with Gasteiger partial charge >= 0.3 is 0 Å². The van der Waals surface area contributed by atoms with Crippen molar-refractivity contribution in [3.63, 3.8) is 0 Å². The largest absolute Gasteiger partial charge is 0.629 e. The van der Waals surface area contributed by atoms with Gasteiger partial charge in [-0.05, 0) is 31.3 Å². The van der Waals surface area contributed by atoms with E-state index in [-0.39, 0.29) is 6.10 Å². The Morgan fingerprint density at radius 2 is 1.51 bits per heavy atom.